The van der Waals surface area contributed by atoms with Gasteiger partial charge in [-0.25, -0.2) is 0 Å². The van der Waals surface area contributed by atoms with E-state index in [1.807, 2.05) is 0 Å². The van der Waals surface area contributed by atoms with Crippen LogP contribution in [0.5, 0.6) is 0 Å². The lowest BCUT2D eigenvalue weighted by molar-refractivity contribution is -0.127. The van der Waals surface area contributed by atoms with Gasteiger partial charge in [-0.1, -0.05) is 0 Å². The molecule has 0 aromatic carbocycles. The molecule has 1 amide bonds. The Bertz CT molecular complexity index is 223. The van der Waals surface area contributed by atoms with Crippen molar-refractivity contribution in [3.63, 3.8) is 0 Å². The first-order valence-electron chi connectivity index (χ1n) is 5.98. The number of rotatable bonds is 7. The van der Waals surface area contributed by atoms with Crippen LogP contribution < -0.4 is 5.73 Å². The smallest absolute Gasteiger partial charge is 0.225 e. The van der Waals surface area contributed by atoms with Crippen molar-refractivity contribution >= 4 is 5.91 Å². The summed E-state index contributed by atoms with van der Waals surface area (Å²) in [6.45, 7) is 3.96. The molecule has 1 aliphatic rings. The fraction of sp³-hybridized carbons (Fsp3) is 0.909. The Morgan fingerprint density at radius 2 is 2.19 bits per heavy atom. The topological polar surface area (TPSA) is 69.8 Å². The van der Waals surface area contributed by atoms with Crippen molar-refractivity contribution in [1.29, 1.82) is 0 Å². The van der Waals surface area contributed by atoms with Gasteiger partial charge in [0.25, 0.3) is 0 Å². The Hall–Kier alpha value is -0.650. The van der Waals surface area contributed by atoms with Crippen molar-refractivity contribution in [3.05, 3.63) is 0 Å². The third kappa shape index (κ3) is 4.47. The molecule has 1 heterocycles. The van der Waals surface area contributed by atoms with Crippen LogP contribution >= 0.6 is 0 Å². The molecule has 0 saturated carbocycles. The Kier molecular flexibility index (Phi) is 5.73. The molecule has 16 heavy (non-hydrogen) atoms. The average molecular weight is 229 g/mol. The van der Waals surface area contributed by atoms with Gasteiger partial charge in [-0.15, -0.1) is 0 Å². The minimum absolute atomic E-state index is 0.0807. The van der Waals surface area contributed by atoms with Gasteiger partial charge >= 0.3 is 0 Å². The van der Waals surface area contributed by atoms with E-state index in [0.29, 0.717) is 13.0 Å². The summed E-state index contributed by atoms with van der Waals surface area (Å²) in [4.78, 5) is 15.3. The Labute approximate surface area is 97.2 Å². The number of carbonyl (C=O) groups is 1. The molecule has 0 spiro atoms. The van der Waals surface area contributed by atoms with Crippen molar-refractivity contribution in [2.75, 3.05) is 39.8 Å². The van der Waals surface area contributed by atoms with Gasteiger partial charge in [-0.2, -0.15) is 0 Å². The quantitative estimate of drug-likeness (QED) is 0.603. The number of hydrogen-bond donors (Lipinski definition) is 2. The van der Waals surface area contributed by atoms with Crippen LogP contribution in [-0.4, -0.2) is 66.7 Å². The summed E-state index contributed by atoms with van der Waals surface area (Å²) in [6, 6.07) is 0. The summed E-state index contributed by atoms with van der Waals surface area (Å²) in [5, 5.41) is 9.31. The molecular weight excluding hydrogens is 206 g/mol. The maximum absolute atomic E-state index is 11.4. The Morgan fingerprint density at radius 1 is 1.50 bits per heavy atom. The molecule has 0 aromatic rings. The monoisotopic (exact) mass is 229 g/mol. The molecule has 94 valence electrons. The number of amides is 1. The molecule has 5 heteroatoms. The minimum atomic E-state index is -0.456. The van der Waals surface area contributed by atoms with Gasteiger partial charge in [0.2, 0.25) is 5.91 Å². The van der Waals surface area contributed by atoms with E-state index >= 15 is 0 Å². The highest BCUT2D eigenvalue weighted by molar-refractivity contribution is 5.78. The highest BCUT2D eigenvalue weighted by Gasteiger charge is 2.27. The summed E-state index contributed by atoms with van der Waals surface area (Å²) in [7, 11) is 2.07. The van der Waals surface area contributed by atoms with Crippen molar-refractivity contribution in [3.8, 4) is 0 Å². The molecule has 1 saturated heterocycles. The van der Waals surface area contributed by atoms with Crippen molar-refractivity contribution < 1.29 is 9.90 Å². The van der Waals surface area contributed by atoms with Gasteiger partial charge in [-0.3, -0.25) is 4.79 Å². The second kappa shape index (κ2) is 6.83. The van der Waals surface area contributed by atoms with Crippen LogP contribution in [0.15, 0.2) is 0 Å². The van der Waals surface area contributed by atoms with Gasteiger partial charge in [0.05, 0.1) is 12.5 Å². The SMILES string of the molecule is CN(CCCN)CCCN1CC(O)CC1=O. The molecule has 0 aliphatic carbocycles. The van der Waals surface area contributed by atoms with Crippen LogP contribution in [0.2, 0.25) is 0 Å². The van der Waals surface area contributed by atoms with Gasteiger partial charge < -0.3 is 20.6 Å². The van der Waals surface area contributed by atoms with E-state index in [-0.39, 0.29) is 5.91 Å². The lowest BCUT2D eigenvalue weighted by atomic mass is 10.3. The Balaban J connectivity index is 2.08. The van der Waals surface area contributed by atoms with Crippen molar-refractivity contribution in [2.45, 2.75) is 25.4 Å². The number of nitrogens with two attached hydrogens (primary N) is 1. The van der Waals surface area contributed by atoms with Crippen molar-refractivity contribution in [1.82, 2.24) is 9.80 Å². The lowest BCUT2D eigenvalue weighted by Crippen LogP contribution is -2.30. The van der Waals surface area contributed by atoms with Crippen LogP contribution in [0.3, 0.4) is 0 Å². The summed E-state index contributed by atoms with van der Waals surface area (Å²) < 4.78 is 0. The van der Waals surface area contributed by atoms with E-state index in [4.69, 9.17) is 5.73 Å². The first-order valence-corrected chi connectivity index (χ1v) is 5.98. The van der Waals surface area contributed by atoms with Crippen LogP contribution in [0.25, 0.3) is 0 Å². The largest absolute Gasteiger partial charge is 0.391 e. The summed E-state index contributed by atoms with van der Waals surface area (Å²) >= 11 is 0. The molecule has 3 N–H and O–H groups in total. The highest BCUT2D eigenvalue weighted by atomic mass is 16.3. The summed E-state index contributed by atoms with van der Waals surface area (Å²) in [6.07, 6.45) is 1.81. The zero-order valence-electron chi connectivity index (χ0n) is 10.1. The van der Waals surface area contributed by atoms with Gasteiger partial charge in [0.1, 0.15) is 0 Å². The average Bonchev–Trinajstić information content (AvgIpc) is 2.55. The minimum Gasteiger partial charge on any atom is -0.391 e. The molecule has 1 rings (SSSR count). The first kappa shape index (κ1) is 13.4. The molecule has 0 radical (unpaired) electrons. The summed E-state index contributed by atoms with van der Waals surface area (Å²) in [5.41, 5.74) is 5.43. The van der Waals surface area contributed by atoms with Crippen LogP contribution in [-0.2, 0) is 4.79 Å². The van der Waals surface area contributed by atoms with Gasteiger partial charge in [0, 0.05) is 13.1 Å². The molecule has 1 atom stereocenters. The standard InChI is InChI=1S/C11H23N3O2/c1-13(5-2-4-12)6-3-7-14-9-10(15)8-11(14)16/h10,15H,2-9,12H2,1H3. The zero-order valence-corrected chi connectivity index (χ0v) is 10.1. The highest BCUT2D eigenvalue weighted by Crippen LogP contribution is 2.10. The summed E-state index contributed by atoms with van der Waals surface area (Å²) in [5.74, 6) is 0.0807. The number of nitrogens with zero attached hydrogens (tertiary/aromatic N) is 2. The lowest BCUT2D eigenvalue weighted by Gasteiger charge is -2.19. The second-order valence-corrected chi connectivity index (χ2v) is 4.50. The van der Waals surface area contributed by atoms with E-state index in [1.165, 1.54) is 0 Å². The van der Waals surface area contributed by atoms with Crippen LogP contribution in [0, 0.1) is 0 Å². The molecule has 0 aromatic heterocycles. The number of carbonyl (C=O) groups excluding carboxylic acids is 1. The second-order valence-electron chi connectivity index (χ2n) is 4.50. The third-order valence-electron chi connectivity index (χ3n) is 2.91. The van der Waals surface area contributed by atoms with Crippen LogP contribution in [0.1, 0.15) is 19.3 Å². The predicted octanol–water partition coefficient (Wildman–Crippen LogP) is -0.750. The third-order valence-corrected chi connectivity index (χ3v) is 2.91. The van der Waals surface area contributed by atoms with E-state index < -0.39 is 6.10 Å². The van der Waals surface area contributed by atoms with E-state index in [9.17, 15) is 9.90 Å². The van der Waals surface area contributed by atoms with Gasteiger partial charge in [-0.05, 0) is 39.5 Å². The fourth-order valence-corrected chi connectivity index (χ4v) is 1.97. The number of likely N-dealkylation sites (tertiary alicyclic amines) is 1. The van der Waals surface area contributed by atoms with Crippen molar-refractivity contribution in [2.24, 2.45) is 5.73 Å². The fourth-order valence-electron chi connectivity index (χ4n) is 1.97. The Morgan fingerprint density at radius 3 is 2.75 bits per heavy atom. The molecular formula is C11H23N3O2. The molecule has 1 unspecified atom stereocenters. The first-order chi connectivity index (χ1) is 7.63. The zero-order chi connectivity index (χ0) is 12.0. The maximum atomic E-state index is 11.4. The molecule has 0 bridgehead atoms. The van der Waals surface area contributed by atoms with Gasteiger partial charge in [0.15, 0.2) is 0 Å². The van der Waals surface area contributed by atoms with E-state index in [0.717, 1.165) is 39.0 Å². The molecule has 1 aliphatic heterocycles. The number of hydrogen-bond acceptors (Lipinski definition) is 4. The van der Waals surface area contributed by atoms with Crippen LogP contribution in [0.4, 0.5) is 0 Å². The number of β-amino-alcohol motifs (C(OH)–C–C–N with tert-alkyl or cyclic N) is 1. The number of aliphatic hydroxyl groups is 1. The molecule has 5 nitrogen and oxygen atoms in total. The normalized spacial score (nSPS) is 21.1. The van der Waals surface area contributed by atoms with E-state index in [2.05, 4.69) is 11.9 Å². The number of aliphatic hydroxyl groups excluding tert-OH is 1. The molecule has 1 fully saturated rings. The van der Waals surface area contributed by atoms with E-state index in [1.54, 1.807) is 4.90 Å². The predicted molar refractivity (Wildman–Crippen MR) is 63.0 cm³/mol. The maximum Gasteiger partial charge on any atom is 0.225 e.